The number of nitrogens with zero attached hydrogens (tertiary/aromatic N) is 1. The molecule has 0 spiro atoms. The fraction of sp³-hybridized carbons (Fsp3) is 0.182. The van der Waals surface area contributed by atoms with Gasteiger partial charge in [-0.25, -0.2) is 9.59 Å². The van der Waals surface area contributed by atoms with Gasteiger partial charge in [-0.1, -0.05) is 91.0 Å². The predicted octanol–water partition coefficient (Wildman–Crippen LogP) is 4.77. The van der Waals surface area contributed by atoms with Crippen molar-refractivity contribution in [3.63, 3.8) is 0 Å². The van der Waals surface area contributed by atoms with Crippen LogP contribution < -0.4 is 10.2 Å². The van der Waals surface area contributed by atoms with Crippen LogP contribution in [0.1, 0.15) is 27.4 Å². The van der Waals surface area contributed by atoms with Crippen molar-refractivity contribution in [3.8, 4) is 11.1 Å². The average Bonchev–Trinajstić information content (AvgIpc) is 3.50. The highest BCUT2D eigenvalue weighted by atomic mass is 16.5. The van der Waals surface area contributed by atoms with E-state index in [1.807, 2.05) is 84.9 Å². The highest BCUT2D eigenvalue weighted by Crippen LogP contribution is 2.44. The summed E-state index contributed by atoms with van der Waals surface area (Å²) in [5.41, 5.74) is 5.09. The summed E-state index contributed by atoms with van der Waals surface area (Å²) in [5, 5.41) is 13.0. The number of aliphatic hydroxyl groups excluding tert-OH is 1. The van der Waals surface area contributed by atoms with E-state index in [0.29, 0.717) is 5.69 Å². The van der Waals surface area contributed by atoms with Crippen LogP contribution in [0.2, 0.25) is 0 Å². The number of rotatable bonds is 5. The Balaban J connectivity index is 0.000000500. The predicted molar refractivity (Wildman–Crippen MR) is 155 cm³/mol. The molecule has 0 saturated carbocycles. The zero-order chi connectivity index (χ0) is 28.8. The van der Waals surface area contributed by atoms with Crippen molar-refractivity contribution < 1.29 is 29.0 Å². The van der Waals surface area contributed by atoms with E-state index in [4.69, 9.17) is 9.47 Å². The van der Waals surface area contributed by atoms with Crippen LogP contribution in [0.3, 0.4) is 0 Å². The second-order valence-electron chi connectivity index (χ2n) is 9.66. The van der Waals surface area contributed by atoms with Crippen molar-refractivity contribution >= 4 is 23.7 Å². The number of nitrogens with one attached hydrogen (secondary N) is 1. The zero-order valence-electron chi connectivity index (χ0n) is 22.5. The molecule has 0 aromatic heterocycles. The molecule has 2 aliphatic rings. The van der Waals surface area contributed by atoms with E-state index in [-0.39, 0.29) is 24.6 Å². The highest BCUT2D eigenvalue weighted by Gasteiger charge is 2.42. The van der Waals surface area contributed by atoms with Crippen LogP contribution in [0.25, 0.3) is 11.1 Å². The Bertz CT molecular complexity index is 1470. The quantitative estimate of drug-likeness (QED) is 0.347. The lowest BCUT2D eigenvalue weighted by atomic mass is 9.98. The number of carbonyl (C=O) groups is 3. The molecule has 208 valence electrons. The van der Waals surface area contributed by atoms with Gasteiger partial charge in [-0.3, -0.25) is 4.79 Å². The number of hydrogen-bond acceptors (Lipinski definition) is 6. The second-order valence-corrected chi connectivity index (χ2v) is 9.66. The number of esters is 1. The lowest BCUT2D eigenvalue weighted by molar-refractivity contribution is -0.119. The SMILES string of the molecule is COC(=O)c1cccc(N2C[C@H](O)[C@@H](NC(=O)OCC3c4ccccc4-c4ccccc43)C2=O)c1.c1ccccc1. The fourth-order valence-electron chi connectivity index (χ4n) is 5.18. The third-order valence-corrected chi connectivity index (χ3v) is 7.15. The largest absolute Gasteiger partial charge is 0.465 e. The summed E-state index contributed by atoms with van der Waals surface area (Å²) in [4.78, 5) is 38.7. The maximum absolute atomic E-state index is 13.0. The van der Waals surface area contributed by atoms with E-state index in [1.54, 1.807) is 18.2 Å². The topological polar surface area (TPSA) is 105 Å². The van der Waals surface area contributed by atoms with E-state index in [1.165, 1.54) is 18.1 Å². The lowest BCUT2D eigenvalue weighted by Crippen LogP contribution is -2.46. The standard InChI is InChI=1S/C27H24N2O6.C6H6/c1-34-26(32)16-7-6-8-17(13-16)29-14-23(30)24(25(29)31)28-27(33)35-15-22-20-11-4-2-9-18(20)19-10-3-5-12-21(19)22;1-2-4-6-5-3-1/h2-13,22-24,30H,14-15H2,1H3,(H,28,33);1-6H/t23-,24+;/m0./s1. The van der Waals surface area contributed by atoms with Crippen LogP contribution in [0.15, 0.2) is 109 Å². The van der Waals surface area contributed by atoms with Crippen molar-refractivity contribution in [1.29, 1.82) is 0 Å². The number of fused-ring (bicyclic) bond motifs is 3. The minimum atomic E-state index is -1.16. The van der Waals surface area contributed by atoms with E-state index in [9.17, 15) is 19.5 Å². The molecule has 4 aromatic rings. The summed E-state index contributed by atoms with van der Waals surface area (Å²) in [6.45, 7) is 0.0690. The molecule has 4 aromatic carbocycles. The highest BCUT2D eigenvalue weighted by molar-refractivity contribution is 6.02. The van der Waals surface area contributed by atoms with Gasteiger partial charge in [-0.2, -0.15) is 0 Å². The number of benzene rings is 4. The van der Waals surface area contributed by atoms with Crippen molar-refractivity contribution in [1.82, 2.24) is 5.32 Å². The van der Waals surface area contributed by atoms with Gasteiger partial charge in [0.2, 0.25) is 0 Å². The van der Waals surface area contributed by atoms with Crippen molar-refractivity contribution in [2.75, 3.05) is 25.2 Å². The molecule has 1 heterocycles. The molecular formula is C33H30N2O6. The number of aliphatic hydroxyl groups is 1. The molecule has 0 unspecified atom stereocenters. The molecule has 1 aliphatic carbocycles. The van der Waals surface area contributed by atoms with Gasteiger partial charge in [0, 0.05) is 11.6 Å². The average molecular weight is 551 g/mol. The molecule has 2 N–H and O–H groups in total. The number of anilines is 1. The normalized spacial score (nSPS) is 17.1. The second kappa shape index (κ2) is 12.5. The van der Waals surface area contributed by atoms with E-state index >= 15 is 0 Å². The van der Waals surface area contributed by atoms with Crippen molar-refractivity contribution in [2.45, 2.75) is 18.1 Å². The van der Waals surface area contributed by atoms with Crippen LogP contribution >= 0.6 is 0 Å². The molecule has 0 bridgehead atoms. The van der Waals surface area contributed by atoms with Gasteiger partial charge in [0.15, 0.2) is 0 Å². The molecule has 8 nitrogen and oxygen atoms in total. The molecule has 1 fully saturated rings. The van der Waals surface area contributed by atoms with Crippen LogP contribution in [-0.4, -0.2) is 55.5 Å². The molecule has 41 heavy (non-hydrogen) atoms. The minimum Gasteiger partial charge on any atom is -0.465 e. The first-order valence-electron chi connectivity index (χ1n) is 13.3. The Morgan fingerprint density at radius 3 is 2.02 bits per heavy atom. The number of alkyl carbamates (subject to hydrolysis) is 1. The van der Waals surface area contributed by atoms with Gasteiger partial charge in [0.25, 0.3) is 5.91 Å². The summed E-state index contributed by atoms with van der Waals surface area (Å²) in [6.07, 6.45) is -1.92. The molecule has 1 aliphatic heterocycles. The van der Waals surface area contributed by atoms with E-state index in [2.05, 4.69) is 5.32 Å². The third kappa shape index (κ3) is 5.97. The Morgan fingerprint density at radius 1 is 0.854 bits per heavy atom. The Hall–Kier alpha value is -4.95. The number of hydrogen-bond donors (Lipinski definition) is 2. The van der Waals surface area contributed by atoms with Gasteiger partial charge in [0.05, 0.1) is 19.2 Å². The summed E-state index contributed by atoms with van der Waals surface area (Å²) < 4.78 is 10.2. The van der Waals surface area contributed by atoms with E-state index < -0.39 is 30.1 Å². The van der Waals surface area contributed by atoms with Crippen LogP contribution in [-0.2, 0) is 14.3 Å². The third-order valence-electron chi connectivity index (χ3n) is 7.15. The van der Waals surface area contributed by atoms with Crippen molar-refractivity contribution in [2.24, 2.45) is 0 Å². The summed E-state index contributed by atoms with van der Waals surface area (Å²) in [7, 11) is 1.27. The van der Waals surface area contributed by atoms with Gasteiger partial charge >= 0.3 is 12.1 Å². The summed E-state index contributed by atoms with van der Waals surface area (Å²) >= 11 is 0. The monoisotopic (exact) mass is 550 g/mol. The molecule has 2 atom stereocenters. The molecule has 0 radical (unpaired) electrons. The van der Waals surface area contributed by atoms with Crippen LogP contribution in [0.4, 0.5) is 10.5 Å². The summed E-state index contributed by atoms with van der Waals surface area (Å²) in [6, 6.07) is 33.2. The van der Waals surface area contributed by atoms with Gasteiger partial charge < -0.3 is 24.8 Å². The molecule has 6 rings (SSSR count). The number of ether oxygens (including phenoxy) is 2. The van der Waals surface area contributed by atoms with E-state index in [0.717, 1.165) is 22.3 Å². The first-order chi connectivity index (χ1) is 20.0. The minimum absolute atomic E-state index is 0.0300. The Morgan fingerprint density at radius 2 is 1.44 bits per heavy atom. The molecule has 2 amide bonds. The smallest absolute Gasteiger partial charge is 0.407 e. The number of methoxy groups -OCH3 is 1. The zero-order valence-corrected chi connectivity index (χ0v) is 22.5. The van der Waals surface area contributed by atoms with Gasteiger partial charge in [-0.05, 0) is 40.5 Å². The van der Waals surface area contributed by atoms with Crippen LogP contribution in [0.5, 0.6) is 0 Å². The first kappa shape index (κ1) is 27.6. The lowest BCUT2D eigenvalue weighted by Gasteiger charge is -2.18. The maximum Gasteiger partial charge on any atom is 0.407 e. The fourth-order valence-corrected chi connectivity index (χ4v) is 5.18. The maximum atomic E-state index is 13.0. The Labute approximate surface area is 238 Å². The van der Waals surface area contributed by atoms with Crippen molar-refractivity contribution in [3.05, 3.63) is 126 Å². The van der Waals surface area contributed by atoms with Crippen LogP contribution in [0, 0.1) is 0 Å². The molecule has 1 saturated heterocycles. The van der Waals surface area contributed by atoms with Gasteiger partial charge in [0.1, 0.15) is 18.8 Å². The number of amides is 2. The molecular weight excluding hydrogens is 520 g/mol. The number of carbonyl (C=O) groups excluding carboxylic acids is 3. The first-order valence-corrected chi connectivity index (χ1v) is 13.3. The summed E-state index contributed by atoms with van der Waals surface area (Å²) in [5.74, 6) is -1.14. The molecule has 8 heteroatoms. The Kier molecular flexibility index (Phi) is 8.41. The van der Waals surface area contributed by atoms with Gasteiger partial charge in [-0.15, -0.1) is 0 Å². The number of β-amino-alcohol motifs (C(OH)–C–C–N with tert-alkyl or cyclic N) is 1.